The smallest absolute Gasteiger partial charge is 0.358 e. The number of piperazine rings is 1. The molecular formula is C29H32N6O6S2. The van der Waals surface area contributed by atoms with Crippen molar-refractivity contribution in [1.82, 2.24) is 24.8 Å². The Morgan fingerprint density at radius 2 is 1.72 bits per heavy atom. The van der Waals surface area contributed by atoms with Crippen molar-refractivity contribution in [2.24, 2.45) is 0 Å². The van der Waals surface area contributed by atoms with Crippen LogP contribution in [0.25, 0.3) is 10.2 Å². The number of amides is 1. The van der Waals surface area contributed by atoms with Gasteiger partial charge in [-0.15, -0.1) is 0 Å². The number of fused-ring (bicyclic) bond motifs is 1. The van der Waals surface area contributed by atoms with Gasteiger partial charge in [0.25, 0.3) is 5.56 Å². The van der Waals surface area contributed by atoms with E-state index in [0.717, 1.165) is 41.7 Å². The highest BCUT2D eigenvalue weighted by atomic mass is 32.2. The number of benzene rings is 2. The molecule has 1 aliphatic rings. The van der Waals surface area contributed by atoms with Crippen molar-refractivity contribution in [3.63, 3.8) is 0 Å². The van der Waals surface area contributed by atoms with Crippen LogP contribution in [-0.4, -0.2) is 70.6 Å². The predicted molar refractivity (Wildman–Crippen MR) is 163 cm³/mol. The van der Waals surface area contributed by atoms with E-state index in [-0.39, 0.29) is 41.3 Å². The number of hydrogen-bond acceptors (Lipinski definition) is 9. The number of carbonyl (C=O) groups excluding carboxylic acids is 1. The van der Waals surface area contributed by atoms with Crippen LogP contribution in [0.1, 0.15) is 47.4 Å². The molecule has 1 unspecified atom stereocenters. The van der Waals surface area contributed by atoms with Crippen molar-refractivity contribution in [2.45, 2.75) is 50.6 Å². The second-order valence-corrected chi connectivity index (χ2v) is 13.1. The molecule has 4 aromatic rings. The van der Waals surface area contributed by atoms with Gasteiger partial charge in [-0.2, -0.15) is 9.40 Å². The fourth-order valence-corrected chi connectivity index (χ4v) is 7.57. The molecule has 1 fully saturated rings. The minimum atomic E-state index is -4.04. The number of thiazole rings is 1. The monoisotopic (exact) mass is 624 g/mol. The van der Waals surface area contributed by atoms with Gasteiger partial charge < -0.3 is 15.3 Å². The highest BCUT2D eigenvalue weighted by Crippen LogP contribution is 2.31. The SMILES string of the molecule is CCCc1ccc(CNC(=O)C2CN(c3nc4c(C(=O)O)n[nH]c(=O)c4s3)CCN2S(=O)(=O)c2ccc(CC)cc2)cc1. The molecule has 0 aliphatic carbocycles. The first-order chi connectivity index (χ1) is 20.6. The second kappa shape index (κ2) is 12.6. The minimum Gasteiger partial charge on any atom is -0.476 e. The van der Waals surface area contributed by atoms with E-state index in [1.54, 1.807) is 29.2 Å². The Kier molecular flexibility index (Phi) is 8.89. The first kappa shape index (κ1) is 30.3. The van der Waals surface area contributed by atoms with E-state index >= 15 is 0 Å². The first-order valence-corrected chi connectivity index (χ1v) is 16.2. The van der Waals surface area contributed by atoms with Crippen LogP contribution in [-0.2, 0) is 34.2 Å². The number of H-pyrrole nitrogens is 1. The summed E-state index contributed by atoms with van der Waals surface area (Å²) in [5, 5.41) is 18.5. The molecule has 0 radical (unpaired) electrons. The Labute approximate surface area is 252 Å². The molecule has 5 rings (SSSR count). The number of aryl methyl sites for hydroxylation is 2. The van der Waals surface area contributed by atoms with Gasteiger partial charge in [-0.25, -0.2) is 23.3 Å². The van der Waals surface area contributed by atoms with Crippen LogP contribution in [0.15, 0.2) is 58.2 Å². The summed E-state index contributed by atoms with van der Waals surface area (Å²) < 4.78 is 28.9. The zero-order chi connectivity index (χ0) is 30.7. The first-order valence-electron chi connectivity index (χ1n) is 14.0. The Balaban J connectivity index is 1.45. The number of aromatic carboxylic acids is 1. The maximum Gasteiger partial charge on any atom is 0.358 e. The van der Waals surface area contributed by atoms with Crippen LogP contribution in [0.2, 0.25) is 0 Å². The van der Waals surface area contributed by atoms with Gasteiger partial charge in [-0.1, -0.05) is 68.0 Å². The van der Waals surface area contributed by atoms with Crippen molar-refractivity contribution in [1.29, 1.82) is 0 Å². The summed E-state index contributed by atoms with van der Waals surface area (Å²) in [5.41, 5.74) is 2.03. The van der Waals surface area contributed by atoms with Crippen LogP contribution in [0.4, 0.5) is 5.13 Å². The molecule has 1 amide bonds. The maximum absolute atomic E-state index is 13.8. The summed E-state index contributed by atoms with van der Waals surface area (Å²) >= 11 is 0.968. The number of aromatic nitrogens is 3. The normalized spacial score (nSPS) is 16.0. The molecule has 226 valence electrons. The van der Waals surface area contributed by atoms with Gasteiger partial charge in [0.2, 0.25) is 15.9 Å². The van der Waals surface area contributed by atoms with E-state index in [2.05, 4.69) is 27.4 Å². The van der Waals surface area contributed by atoms with Gasteiger partial charge in [0.05, 0.1) is 4.90 Å². The van der Waals surface area contributed by atoms with Crippen molar-refractivity contribution >= 4 is 48.6 Å². The average Bonchev–Trinajstić information content (AvgIpc) is 3.47. The standard InChI is InChI=1S/C29H32N6O6S2/c1-3-5-19-6-8-20(9-7-19)16-30-26(36)22-17-34(29-31-23-24(28(38)39)32-33-27(37)25(23)42-29)14-15-35(22)43(40,41)21-12-10-18(4-2)11-13-21/h6-13,22H,3-5,14-17H2,1-2H3,(H,30,36)(H,33,37)(H,38,39). The number of nitrogens with one attached hydrogen (secondary N) is 2. The number of rotatable bonds is 10. The zero-order valence-corrected chi connectivity index (χ0v) is 25.4. The molecular weight excluding hydrogens is 592 g/mol. The van der Waals surface area contributed by atoms with Gasteiger partial charge in [0.15, 0.2) is 10.8 Å². The molecule has 2 aromatic carbocycles. The molecule has 1 saturated heterocycles. The Morgan fingerprint density at radius 1 is 1.05 bits per heavy atom. The molecule has 0 spiro atoms. The summed E-state index contributed by atoms with van der Waals surface area (Å²) in [7, 11) is -4.04. The fraction of sp³-hybridized carbons (Fsp3) is 0.345. The Morgan fingerprint density at radius 3 is 2.37 bits per heavy atom. The molecule has 14 heteroatoms. The molecule has 1 aliphatic heterocycles. The van der Waals surface area contributed by atoms with Gasteiger partial charge in [-0.3, -0.25) is 9.59 Å². The van der Waals surface area contributed by atoms with Crippen molar-refractivity contribution in [3.8, 4) is 0 Å². The van der Waals surface area contributed by atoms with Crippen LogP contribution < -0.4 is 15.8 Å². The summed E-state index contributed by atoms with van der Waals surface area (Å²) in [6.07, 6.45) is 2.74. The van der Waals surface area contributed by atoms with E-state index < -0.39 is 39.2 Å². The molecule has 43 heavy (non-hydrogen) atoms. The largest absolute Gasteiger partial charge is 0.476 e. The second-order valence-electron chi connectivity index (χ2n) is 10.2. The molecule has 2 aromatic heterocycles. The highest BCUT2D eigenvalue weighted by molar-refractivity contribution is 7.89. The number of carboxylic acid groups (broad SMARTS) is 1. The van der Waals surface area contributed by atoms with Gasteiger partial charge in [-0.05, 0) is 41.7 Å². The average molecular weight is 625 g/mol. The topological polar surface area (TPSA) is 166 Å². The van der Waals surface area contributed by atoms with E-state index in [1.165, 1.54) is 9.87 Å². The number of carbonyl (C=O) groups is 2. The van der Waals surface area contributed by atoms with Crippen LogP contribution >= 0.6 is 11.3 Å². The number of aromatic amines is 1. The van der Waals surface area contributed by atoms with E-state index in [1.807, 2.05) is 31.2 Å². The molecule has 12 nitrogen and oxygen atoms in total. The van der Waals surface area contributed by atoms with Gasteiger partial charge in [0.1, 0.15) is 16.3 Å². The highest BCUT2D eigenvalue weighted by Gasteiger charge is 2.41. The molecule has 0 saturated carbocycles. The lowest BCUT2D eigenvalue weighted by Crippen LogP contribution is -2.60. The number of anilines is 1. The lowest BCUT2D eigenvalue weighted by atomic mass is 10.1. The van der Waals surface area contributed by atoms with Gasteiger partial charge in [0, 0.05) is 26.2 Å². The summed E-state index contributed by atoms with van der Waals surface area (Å²) in [4.78, 5) is 43.9. The van der Waals surface area contributed by atoms with Crippen LogP contribution in [0, 0.1) is 0 Å². The zero-order valence-electron chi connectivity index (χ0n) is 23.7. The third-order valence-electron chi connectivity index (χ3n) is 7.39. The summed E-state index contributed by atoms with van der Waals surface area (Å²) in [5.74, 6) is -1.83. The van der Waals surface area contributed by atoms with Gasteiger partial charge >= 0.3 is 5.97 Å². The Bertz CT molecular complexity index is 1800. The molecule has 1 atom stereocenters. The van der Waals surface area contributed by atoms with E-state index in [0.29, 0.717) is 5.13 Å². The summed E-state index contributed by atoms with van der Waals surface area (Å²) in [6, 6.07) is 13.4. The third-order valence-corrected chi connectivity index (χ3v) is 10.4. The predicted octanol–water partition coefficient (Wildman–Crippen LogP) is 2.79. The van der Waals surface area contributed by atoms with E-state index in [9.17, 15) is 27.9 Å². The maximum atomic E-state index is 13.8. The number of hydrogen-bond donors (Lipinski definition) is 3. The van der Waals surface area contributed by atoms with E-state index in [4.69, 9.17) is 0 Å². The lowest BCUT2D eigenvalue weighted by Gasteiger charge is -2.39. The minimum absolute atomic E-state index is 0.0298. The quantitative estimate of drug-likeness (QED) is 0.241. The molecule has 3 heterocycles. The Hall–Kier alpha value is -4.14. The summed E-state index contributed by atoms with van der Waals surface area (Å²) in [6.45, 7) is 4.38. The lowest BCUT2D eigenvalue weighted by molar-refractivity contribution is -0.125. The van der Waals surface area contributed by atoms with Crippen LogP contribution in [0.3, 0.4) is 0 Å². The van der Waals surface area contributed by atoms with Crippen molar-refractivity contribution in [2.75, 3.05) is 24.5 Å². The number of nitrogens with zero attached hydrogens (tertiary/aromatic N) is 4. The molecule has 0 bridgehead atoms. The fourth-order valence-electron chi connectivity index (χ4n) is 5.01. The van der Waals surface area contributed by atoms with Crippen LogP contribution in [0.5, 0.6) is 0 Å². The third kappa shape index (κ3) is 6.31. The van der Waals surface area contributed by atoms with Crippen molar-refractivity contribution in [3.05, 3.63) is 81.3 Å². The van der Waals surface area contributed by atoms with Crippen molar-refractivity contribution < 1.29 is 23.1 Å². The number of carboxylic acids is 1. The number of sulfonamides is 1. The molecule has 3 N–H and O–H groups in total.